The van der Waals surface area contributed by atoms with Crippen molar-refractivity contribution in [2.75, 3.05) is 7.11 Å². The largest absolute Gasteiger partial charge is 0.447 e. The molecule has 4 heteroatoms. The maximum Gasteiger partial charge on any atom is 0.234 e. The number of hydrogen-bond acceptors (Lipinski definition) is 4. The lowest BCUT2D eigenvalue weighted by atomic mass is 10.0. The van der Waals surface area contributed by atoms with Gasteiger partial charge in [-0.05, 0) is 18.6 Å². The maximum atomic E-state index is 9.34. The van der Waals surface area contributed by atoms with E-state index in [1.54, 1.807) is 19.2 Å². The van der Waals surface area contributed by atoms with E-state index >= 15 is 0 Å². The quantitative estimate of drug-likeness (QED) is 0.787. The van der Waals surface area contributed by atoms with Crippen LogP contribution in [0.3, 0.4) is 0 Å². The van der Waals surface area contributed by atoms with E-state index in [0.717, 1.165) is 11.1 Å². The lowest BCUT2D eigenvalue weighted by Crippen LogP contribution is -2.15. The Bertz CT molecular complexity index is 591. The number of pyridine rings is 1. The Morgan fingerprint density at radius 3 is 2.58 bits per heavy atom. The predicted octanol–water partition coefficient (Wildman–Crippen LogP) is 2.99. The van der Waals surface area contributed by atoms with Gasteiger partial charge in [0, 0.05) is 18.9 Å². The Labute approximate surface area is 112 Å². The van der Waals surface area contributed by atoms with Crippen molar-refractivity contribution in [1.82, 2.24) is 4.98 Å². The minimum absolute atomic E-state index is 0.290. The molecule has 0 radical (unpaired) electrons. The fourth-order valence-electron chi connectivity index (χ4n) is 1.70. The van der Waals surface area contributed by atoms with Gasteiger partial charge in [-0.25, -0.2) is 4.98 Å². The summed E-state index contributed by atoms with van der Waals surface area (Å²) in [7, 11) is 1.54. The Hall–Kier alpha value is -2.38. The zero-order chi connectivity index (χ0) is 13.7. The van der Waals surface area contributed by atoms with Crippen LogP contribution < -0.4 is 4.74 Å². The summed E-state index contributed by atoms with van der Waals surface area (Å²) in [6.07, 6.45) is 1.17. The number of benzene rings is 1. The lowest BCUT2D eigenvalue weighted by molar-refractivity contribution is -0.0411. The van der Waals surface area contributed by atoms with E-state index in [0.29, 0.717) is 11.4 Å². The average molecular weight is 254 g/mol. The van der Waals surface area contributed by atoms with Crippen LogP contribution in [0, 0.1) is 11.3 Å². The Kier molecular flexibility index (Phi) is 4.11. The van der Waals surface area contributed by atoms with Crippen molar-refractivity contribution >= 4 is 0 Å². The number of nitriles is 1. The molecule has 0 fully saturated rings. The first kappa shape index (κ1) is 13.1. The SMILES string of the molecule is COC(C)Oc1nccc(-c2ccccc2)c1C#N. The summed E-state index contributed by atoms with van der Waals surface area (Å²) in [5.74, 6) is 0.290. The van der Waals surface area contributed by atoms with E-state index in [9.17, 15) is 5.26 Å². The van der Waals surface area contributed by atoms with Crippen LogP contribution in [0.1, 0.15) is 12.5 Å². The normalized spacial score (nSPS) is 11.6. The van der Waals surface area contributed by atoms with Crippen molar-refractivity contribution in [2.24, 2.45) is 0 Å². The number of methoxy groups -OCH3 is 1. The van der Waals surface area contributed by atoms with Gasteiger partial charge in [0.2, 0.25) is 5.88 Å². The molecule has 0 aliphatic heterocycles. The highest BCUT2D eigenvalue weighted by molar-refractivity contribution is 5.72. The molecular formula is C15H14N2O2. The molecule has 1 aromatic carbocycles. The second-order valence-electron chi connectivity index (χ2n) is 3.94. The number of hydrogen-bond donors (Lipinski definition) is 0. The molecule has 0 saturated carbocycles. The second kappa shape index (κ2) is 5.98. The van der Waals surface area contributed by atoms with Crippen LogP contribution >= 0.6 is 0 Å². The fraction of sp³-hybridized carbons (Fsp3) is 0.200. The summed E-state index contributed by atoms with van der Waals surface area (Å²) in [5.41, 5.74) is 2.17. The molecule has 0 saturated heterocycles. The van der Waals surface area contributed by atoms with Crippen molar-refractivity contribution < 1.29 is 9.47 Å². The third-order valence-electron chi connectivity index (χ3n) is 2.72. The molecule has 96 valence electrons. The van der Waals surface area contributed by atoms with Gasteiger partial charge in [0.25, 0.3) is 0 Å². The first-order valence-electron chi connectivity index (χ1n) is 5.90. The average Bonchev–Trinajstić information content (AvgIpc) is 2.47. The summed E-state index contributed by atoms with van der Waals surface area (Å²) in [4.78, 5) is 4.10. The van der Waals surface area contributed by atoms with Gasteiger partial charge in [-0.2, -0.15) is 5.26 Å². The maximum absolute atomic E-state index is 9.34. The van der Waals surface area contributed by atoms with E-state index in [-0.39, 0.29) is 0 Å². The molecular weight excluding hydrogens is 240 g/mol. The first-order chi connectivity index (χ1) is 9.26. The van der Waals surface area contributed by atoms with Gasteiger partial charge in [-0.15, -0.1) is 0 Å². The topological polar surface area (TPSA) is 55.1 Å². The summed E-state index contributed by atoms with van der Waals surface area (Å²) in [6.45, 7) is 1.75. The molecule has 0 amide bonds. The zero-order valence-corrected chi connectivity index (χ0v) is 10.8. The summed E-state index contributed by atoms with van der Waals surface area (Å²) in [6, 6.07) is 13.6. The number of aromatic nitrogens is 1. The minimum Gasteiger partial charge on any atom is -0.447 e. The molecule has 1 aromatic heterocycles. The van der Waals surface area contributed by atoms with E-state index in [2.05, 4.69) is 11.1 Å². The van der Waals surface area contributed by atoms with Crippen molar-refractivity contribution in [2.45, 2.75) is 13.2 Å². The monoisotopic (exact) mass is 254 g/mol. The van der Waals surface area contributed by atoms with Gasteiger partial charge in [0.15, 0.2) is 6.29 Å². The third-order valence-corrected chi connectivity index (χ3v) is 2.72. The molecule has 19 heavy (non-hydrogen) atoms. The highest BCUT2D eigenvalue weighted by Gasteiger charge is 2.14. The van der Waals surface area contributed by atoms with Gasteiger partial charge in [-0.3, -0.25) is 0 Å². The molecule has 4 nitrogen and oxygen atoms in total. The summed E-state index contributed by atoms with van der Waals surface area (Å²) < 4.78 is 10.5. The Morgan fingerprint density at radius 1 is 1.21 bits per heavy atom. The van der Waals surface area contributed by atoms with Crippen LogP contribution in [0.25, 0.3) is 11.1 Å². The van der Waals surface area contributed by atoms with Crippen molar-refractivity contribution in [3.8, 4) is 23.1 Å². The van der Waals surface area contributed by atoms with Crippen LogP contribution in [0.4, 0.5) is 0 Å². The Balaban J connectivity index is 2.46. The van der Waals surface area contributed by atoms with Gasteiger partial charge < -0.3 is 9.47 Å². The van der Waals surface area contributed by atoms with Gasteiger partial charge >= 0.3 is 0 Å². The molecule has 0 N–H and O–H groups in total. The fourth-order valence-corrected chi connectivity index (χ4v) is 1.70. The number of nitrogens with zero attached hydrogens (tertiary/aromatic N) is 2. The van der Waals surface area contributed by atoms with Crippen LogP contribution in [-0.2, 0) is 4.74 Å². The summed E-state index contributed by atoms with van der Waals surface area (Å²) >= 11 is 0. The summed E-state index contributed by atoms with van der Waals surface area (Å²) in [5, 5.41) is 9.34. The molecule has 1 unspecified atom stereocenters. The van der Waals surface area contributed by atoms with Crippen molar-refractivity contribution in [3.05, 3.63) is 48.2 Å². The standard InChI is InChI=1S/C15H14N2O2/c1-11(18-2)19-15-14(10-16)13(8-9-17-15)12-6-4-3-5-7-12/h3-9,11H,1-2H3. The van der Waals surface area contributed by atoms with Crippen LogP contribution in [0.5, 0.6) is 5.88 Å². The van der Waals surface area contributed by atoms with E-state index < -0.39 is 6.29 Å². The highest BCUT2D eigenvalue weighted by Crippen LogP contribution is 2.28. The van der Waals surface area contributed by atoms with Gasteiger partial charge in [0.1, 0.15) is 11.6 Å². The molecule has 0 aliphatic rings. The molecule has 1 heterocycles. The van der Waals surface area contributed by atoms with E-state index in [1.165, 1.54) is 7.11 Å². The molecule has 1 atom stereocenters. The molecule has 0 spiro atoms. The molecule has 2 aromatic rings. The van der Waals surface area contributed by atoms with E-state index in [1.807, 2.05) is 30.3 Å². The lowest BCUT2D eigenvalue weighted by Gasteiger charge is -2.14. The van der Waals surface area contributed by atoms with E-state index in [4.69, 9.17) is 9.47 Å². The molecule has 0 aliphatic carbocycles. The van der Waals surface area contributed by atoms with Gasteiger partial charge in [0.05, 0.1) is 0 Å². The number of rotatable bonds is 4. The van der Waals surface area contributed by atoms with Crippen LogP contribution in [-0.4, -0.2) is 18.4 Å². The Morgan fingerprint density at radius 2 is 1.95 bits per heavy atom. The van der Waals surface area contributed by atoms with Crippen molar-refractivity contribution in [3.63, 3.8) is 0 Å². The second-order valence-corrected chi connectivity index (χ2v) is 3.94. The van der Waals surface area contributed by atoms with Crippen LogP contribution in [0.2, 0.25) is 0 Å². The predicted molar refractivity (Wildman–Crippen MR) is 71.5 cm³/mol. The molecule has 0 bridgehead atoms. The van der Waals surface area contributed by atoms with Crippen LogP contribution in [0.15, 0.2) is 42.6 Å². The van der Waals surface area contributed by atoms with Crippen molar-refractivity contribution in [1.29, 1.82) is 5.26 Å². The first-order valence-corrected chi connectivity index (χ1v) is 5.90. The number of ether oxygens (including phenoxy) is 2. The smallest absolute Gasteiger partial charge is 0.234 e. The van der Waals surface area contributed by atoms with Gasteiger partial charge in [-0.1, -0.05) is 30.3 Å². The highest BCUT2D eigenvalue weighted by atomic mass is 16.7. The zero-order valence-electron chi connectivity index (χ0n) is 10.8. The third kappa shape index (κ3) is 2.90. The molecule has 2 rings (SSSR count). The minimum atomic E-state index is -0.453.